The Morgan fingerprint density at radius 2 is 1.31 bits per heavy atom. The third kappa shape index (κ3) is 5.06. The van der Waals surface area contributed by atoms with E-state index in [1.54, 1.807) is 12.0 Å². The molecule has 4 aromatic rings. The number of hydrogen-bond acceptors (Lipinski definition) is 3. The predicted octanol–water partition coefficient (Wildman–Crippen LogP) is 6.73. The highest BCUT2D eigenvalue weighted by Gasteiger charge is 2.24. The Balaban J connectivity index is 1.90. The Labute approximate surface area is 201 Å². The molecule has 0 radical (unpaired) electrons. The Bertz CT molecular complexity index is 1210. The van der Waals surface area contributed by atoms with E-state index >= 15 is 0 Å². The third-order valence-corrected chi connectivity index (χ3v) is 5.58. The van der Waals surface area contributed by atoms with Crippen molar-refractivity contribution in [1.29, 1.82) is 0 Å². The maximum absolute atomic E-state index is 13.8. The van der Waals surface area contributed by atoms with Crippen LogP contribution in [0.3, 0.4) is 0 Å². The van der Waals surface area contributed by atoms with E-state index in [0.29, 0.717) is 11.4 Å². The van der Waals surface area contributed by atoms with Crippen LogP contribution in [-0.2, 0) is 0 Å². The van der Waals surface area contributed by atoms with Crippen molar-refractivity contribution in [3.05, 3.63) is 124 Å². The van der Waals surface area contributed by atoms with Gasteiger partial charge in [-0.05, 0) is 83.3 Å². The molecule has 0 aliphatic carbocycles. The summed E-state index contributed by atoms with van der Waals surface area (Å²) < 4.78 is 6.36. The van der Waals surface area contributed by atoms with Crippen molar-refractivity contribution in [2.75, 3.05) is 12.0 Å². The molecule has 0 fully saturated rings. The number of amides is 1. The van der Waals surface area contributed by atoms with Crippen molar-refractivity contribution in [3.8, 4) is 5.75 Å². The molecule has 0 aliphatic rings. The Morgan fingerprint density at radius 3 is 1.88 bits per heavy atom. The van der Waals surface area contributed by atoms with Crippen molar-refractivity contribution in [2.24, 2.45) is 4.99 Å². The molecule has 0 saturated heterocycles. The zero-order valence-corrected chi connectivity index (χ0v) is 19.6. The first-order valence-corrected chi connectivity index (χ1v) is 11.2. The minimum Gasteiger partial charge on any atom is -0.497 e. The second-order valence-corrected chi connectivity index (χ2v) is 8.23. The van der Waals surface area contributed by atoms with Gasteiger partial charge in [0.15, 0.2) is 0 Å². The molecular weight excluding hydrogens is 511 g/mol. The molecule has 4 aromatic carbocycles. The minimum absolute atomic E-state index is 0.150. The zero-order valence-electron chi connectivity index (χ0n) is 17.5. The maximum Gasteiger partial charge on any atom is 0.264 e. The first-order chi connectivity index (χ1) is 15.7. The van der Waals surface area contributed by atoms with Gasteiger partial charge in [0.2, 0.25) is 0 Å². The van der Waals surface area contributed by atoms with Crippen LogP contribution in [0.4, 0.5) is 11.4 Å². The molecule has 0 spiro atoms. The lowest BCUT2D eigenvalue weighted by Gasteiger charge is -2.25. The molecule has 0 N–H and O–H groups in total. The fourth-order valence-corrected chi connectivity index (χ4v) is 3.61. The number of rotatable bonds is 5. The fourth-order valence-electron chi connectivity index (χ4n) is 3.25. The minimum atomic E-state index is -0.150. The van der Waals surface area contributed by atoms with Crippen LogP contribution in [0.1, 0.15) is 15.9 Å². The van der Waals surface area contributed by atoms with E-state index in [1.165, 1.54) is 0 Å². The van der Waals surface area contributed by atoms with Crippen LogP contribution in [0, 0.1) is 3.57 Å². The molecule has 1 amide bonds. The molecule has 0 atom stereocenters. The van der Waals surface area contributed by atoms with E-state index in [0.717, 1.165) is 26.3 Å². The molecule has 0 aromatic heterocycles. The van der Waals surface area contributed by atoms with Crippen molar-refractivity contribution in [2.45, 2.75) is 0 Å². The molecule has 0 unspecified atom stereocenters. The van der Waals surface area contributed by atoms with E-state index < -0.39 is 0 Å². The summed E-state index contributed by atoms with van der Waals surface area (Å²) in [5.41, 5.74) is 2.90. The number of nitrogens with zero attached hydrogens (tertiary/aromatic N) is 2. The Morgan fingerprint density at radius 1 is 0.750 bits per heavy atom. The quantitative estimate of drug-likeness (QED) is 0.163. The topological polar surface area (TPSA) is 41.9 Å². The molecule has 0 bridgehead atoms. The largest absolute Gasteiger partial charge is 0.497 e. The van der Waals surface area contributed by atoms with E-state index in [2.05, 4.69) is 22.6 Å². The van der Waals surface area contributed by atoms with E-state index in [-0.39, 0.29) is 5.91 Å². The molecule has 0 aliphatic heterocycles. The summed E-state index contributed by atoms with van der Waals surface area (Å²) in [7, 11) is 1.63. The molecule has 4 nitrogen and oxygen atoms in total. The second-order valence-electron chi connectivity index (χ2n) is 6.98. The van der Waals surface area contributed by atoms with E-state index in [9.17, 15) is 4.79 Å². The summed E-state index contributed by atoms with van der Waals surface area (Å²) in [5, 5.41) is 0. The average molecular weight is 532 g/mol. The molecule has 0 heterocycles. The molecule has 158 valence electrons. The summed E-state index contributed by atoms with van der Waals surface area (Å²) in [4.78, 5) is 20.3. The first-order valence-electron chi connectivity index (χ1n) is 10.1. The summed E-state index contributed by atoms with van der Waals surface area (Å²) in [5.74, 6) is 1.15. The van der Waals surface area contributed by atoms with Gasteiger partial charge in [-0.2, -0.15) is 0 Å². The van der Waals surface area contributed by atoms with E-state index in [1.807, 2.05) is 109 Å². The Hall–Kier alpha value is -3.45. The number of anilines is 1. The van der Waals surface area contributed by atoms with Crippen LogP contribution < -0.4 is 9.64 Å². The normalized spacial score (nSPS) is 11.1. The van der Waals surface area contributed by atoms with Crippen molar-refractivity contribution in [1.82, 2.24) is 0 Å². The summed E-state index contributed by atoms with van der Waals surface area (Å²) in [6.07, 6.45) is 0. The number of hydrogen-bond donors (Lipinski definition) is 0. The van der Waals surface area contributed by atoms with Crippen LogP contribution in [0.2, 0.25) is 0 Å². The highest BCUT2D eigenvalue weighted by atomic mass is 127. The fraction of sp³-hybridized carbons (Fsp3) is 0.0370. The third-order valence-electron chi connectivity index (χ3n) is 4.86. The van der Waals surface area contributed by atoms with Crippen LogP contribution in [-0.4, -0.2) is 18.9 Å². The highest BCUT2D eigenvalue weighted by Crippen LogP contribution is 2.25. The van der Waals surface area contributed by atoms with Gasteiger partial charge in [-0.25, -0.2) is 4.99 Å². The highest BCUT2D eigenvalue weighted by molar-refractivity contribution is 14.1. The number of methoxy groups -OCH3 is 1. The summed E-state index contributed by atoms with van der Waals surface area (Å²) >= 11 is 2.26. The summed E-state index contributed by atoms with van der Waals surface area (Å²) in [6, 6.07) is 34.3. The SMILES string of the molecule is COc1ccc(N=C(c2ccccc2)N(C(=O)c2ccccc2)c2ccc(I)cc2)cc1. The lowest BCUT2D eigenvalue weighted by molar-refractivity contribution is 0.100. The lowest BCUT2D eigenvalue weighted by atomic mass is 10.1. The molecular formula is C27H21IN2O2. The number of halogens is 1. The average Bonchev–Trinajstić information content (AvgIpc) is 2.86. The van der Waals surface area contributed by atoms with Crippen LogP contribution in [0.15, 0.2) is 114 Å². The van der Waals surface area contributed by atoms with Crippen LogP contribution >= 0.6 is 22.6 Å². The van der Waals surface area contributed by atoms with Gasteiger partial charge in [-0.1, -0.05) is 48.5 Å². The number of carbonyl (C=O) groups excluding carboxylic acids is 1. The van der Waals surface area contributed by atoms with Crippen molar-refractivity contribution < 1.29 is 9.53 Å². The van der Waals surface area contributed by atoms with Gasteiger partial charge < -0.3 is 4.74 Å². The maximum atomic E-state index is 13.8. The monoisotopic (exact) mass is 532 g/mol. The van der Waals surface area contributed by atoms with Gasteiger partial charge in [-0.15, -0.1) is 0 Å². The standard InChI is InChI=1S/C27H21IN2O2/c1-32-25-18-14-23(15-19-25)29-26(20-8-4-2-5-9-20)30(24-16-12-22(28)13-17-24)27(31)21-10-6-3-7-11-21/h2-19H,1H3. The van der Waals surface area contributed by atoms with Crippen LogP contribution in [0.25, 0.3) is 0 Å². The van der Waals surface area contributed by atoms with Crippen molar-refractivity contribution >= 4 is 45.7 Å². The zero-order chi connectivity index (χ0) is 22.3. The second kappa shape index (κ2) is 10.2. The first kappa shape index (κ1) is 21.8. The lowest BCUT2D eigenvalue weighted by Crippen LogP contribution is -2.37. The van der Waals surface area contributed by atoms with Gasteiger partial charge in [-0.3, -0.25) is 9.69 Å². The van der Waals surface area contributed by atoms with Gasteiger partial charge >= 0.3 is 0 Å². The number of carbonyl (C=O) groups is 1. The van der Waals surface area contributed by atoms with Crippen LogP contribution in [0.5, 0.6) is 5.75 Å². The Kier molecular flexibility index (Phi) is 6.97. The van der Waals surface area contributed by atoms with Gasteiger partial charge in [0.05, 0.1) is 18.5 Å². The number of amidine groups is 1. The van der Waals surface area contributed by atoms with Gasteiger partial charge in [0.1, 0.15) is 11.6 Å². The smallest absolute Gasteiger partial charge is 0.264 e. The molecule has 32 heavy (non-hydrogen) atoms. The number of benzene rings is 4. The van der Waals surface area contributed by atoms with Gasteiger partial charge in [0.25, 0.3) is 5.91 Å². The predicted molar refractivity (Wildman–Crippen MR) is 138 cm³/mol. The molecule has 5 heteroatoms. The van der Waals surface area contributed by atoms with E-state index in [4.69, 9.17) is 9.73 Å². The number of aliphatic imine (C=N–C) groups is 1. The summed E-state index contributed by atoms with van der Waals surface area (Å²) in [6.45, 7) is 0. The molecule has 0 saturated carbocycles. The number of ether oxygens (including phenoxy) is 1. The van der Waals surface area contributed by atoms with Crippen molar-refractivity contribution in [3.63, 3.8) is 0 Å². The van der Waals surface area contributed by atoms with Gasteiger partial charge in [0, 0.05) is 14.7 Å². The molecule has 4 rings (SSSR count).